The Morgan fingerprint density at radius 1 is 1.17 bits per heavy atom. The summed E-state index contributed by atoms with van der Waals surface area (Å²) in [5.41, 5.74) is 10.1. The Morgan fingerprint density at radius 2 is 1.67 bits per heavy atom. The summed E-state index contributed by atoms with van der Waals surface area (Å²) >= 11 is 0. The minimum absolute atomic E-state index is 0. The number of halogens is 4. The van der Waals surface area contributed by atoms with Crippen LogP contribution in [0.5, 0.6) is 0 Å². The largest absolute Gasteiger partial charge is 0.494 e. The highest BCUT2D eigenvalue weighted by Gasteiger charge is 2.41. The Bertz CT molecular complexity index is 312. The van der Waals surface area contributed by atoms with E-state index in [9.17, 15) is 13.2 Å². The first-order valence-corrected chi connectivity index (χ1v) is 5.36. The maximum absolute atomic E-state index is 12.5. The third-order valence-electron chi connectivity index (χ3n) is 2.61. The summed E-state index contributed by atoms with van der Waals surface area (Å²) in [4.78, 5) is 3.39. The molecule has 0 radical (unpaired) electrons. The normalized spacial score (nSPS) is 18.1. The molecule has 9 heteroatoms. The van der Waals surface area contributed by atoms with Gasteiger partial charge in [-0.2, -0.15) is 4.90 Å². The van der Waals surface area contributed by atoms with Crippen LogP contribution in [0.25, 0.3) is 0 Å². The minimum atomic E-state index is -4.81. The van der Waals surface area contributed by atoms with Crippen molar-refractivity contribution in [1.29, 1.82) is 5.41 Å². The van der Waals surface area contributed by atoms with Gasteiger partial charge in [0.2, 0.25) is 11.9 Å². The minimum Gasteiger partial charge on any atom is -0.369 e. The summed E-state index contributed by atoms with van der Waals surface area (Å²) in [5, 5.41) is 6.88. The highest BCUT2D eigenvalue weighted by atomic mass is 35.5. The average Bonchev–Trinajstić information content (AvgIpc) is 2.15. The summed E-state index contributed by atoms with van der Waals surface area (Å²) in [6.07, 6.45) is -0.411. The van der Waals surface area contributed by atoms with Crippen LogP contribution in [0.15, 0.2) is 4.99 Å². The number of guanidine groups is 2. The first kappa shape index (κ1) is 16.8. The molecule has 5 N–H and O–H groups in total. The lowest BCUT2D eigenvalue weighted by molar-refractivity contribution is -0.194. The van der Waals surface area contributed by atoms with Crippen molar-refractivity contribution in [3.8, 4) is 0 Å². The Morgan fingerprint density at radius 3 is 2.06 bits per heavy atom. The number of rotatable bonds is 1. The number of nitrogens with one attached hydrogen (secondary N) is 1. The molecule has 1 fully saturated rings. The van der Waals surface area contributed by atoms with Gasteiger partial charge in [-0.25, -0.2) is 4.99 Å². The van der Waals surface area contributed by atoms with Crippen LogP contribution >= 0.6 is 12.4 Å². The van der Waals surface area contributed by atoms with Crippen LogP contribution in [0.1, 0.15) is 32.1 Å². The van der Waals surface area contributed by atoms with Crippen LogP contribution in [0, 0.1) is 5.41 Å². The van der Waals surface area contributed by atoms with E-state index in [1.165, 1.54) is 0 Å². The molecule has 0 bridgehead atoms. The van der Waals surface area contributed by atoms with Crippen molar-refractivity contribution in [2.45, 2.75) is 44.4 Å². The van der Waals surface area contributed by atoms with E-state index in [0.717, 1.165) is 32.1 Å². The lowest BCUT2D eigenvalue weighted by atomic mass is 9.96. The Hall–Kier alpha value is -1.18. The first-order valence-electron chi connectivity index (χ1n) is 5.36. The van der Waals surface area contributed by atoms with E-state index in [1.807, 2.05) is 0 Å². The number of nitrogens with zero attached hydrogens (tertiary/aromatic N) is 2. The highest BCUT2D eigenvalue weighted by Crippen LogP contribution is 2.23. The van der Waals surface area contributed by atoms with Crippen LogP contribution < -0.4 is 11.5 Å². The quantitative estimate of drug-likeness (QED) is 0.390. The topological polar surface area (TPSA) is 91.5 Å². The van der Waals surface area contributed by atoms with Crippen molar-refractivity contribution in [3.63, 3.8) is 0 Å². The molecule has 0 saturated heterocycles. The van der Waals surface area contributed by atoms with Crippen molar-refractivity contribution >= 4 is 24.3 Å². The molecule has 1 rings (SSSR count). The molecule has 0 atom stereocenters. The van der Waals surface area contributed by atoms with Gasteiger partial charge < -0.3 is 11.5 Å². The molecule has 106 valence electrons. The molecule has 0 unspecified atom stereocenters. The van der Waals surface area contributed by atoms with Crippen molar-refractivity contribution in [3.05, 3.63) is 0 Å². The van der Waals surface area contributed by atoms with Gasteiger partial charge in [-0.3, -0.25) is 5.41 Å². The van der Waals surface area contributed by atoms with E-state index in [-0.39, 0.29) is 18.4 Å². The molecule has 0 aromatic rings. The van der Waals surface area contributed by atoms with Crippen LogP contribution in [0.4, 0.5) is 13.2 Å². The highest BCUT2D eigenvalue weighted by molar-refractivity contribution is 5.96. The molecule has 1 saturated carbocycles. The van der Waals surface area contributed by atoms with Gasteiger partial charge >= 0.3 is 6.30 Å². The van der Waals surface area contributed by atoms with Crippen LogP contribution in [0.3, 0.4) is 0 Å². The third kappa shape index (κ3) is 4.59. The molecule has 18 heavy (non-hydrogen) atoms. The van der Waals surface area contributed by atoms with Gasteiger partial charge in [0.25, 0.3) is 0 Å². The molecule has 0 heterocycles. The predicted molar refractivity (Wildman–Crippen MR) is 65.6 cm³/mol. The van der Waals surface area contributed by atoms with Crippen molar-refractivity contribution in [1.82, 2.24) is 4.90 Å². The third-order valence-corrected chi connectivity index (χ3v) is 2.61. The van der Waals surface area contributed by atoms with E-state index >= 15 is 0 Å². The molecule has 1 aliphatic carbocycles. The number of alkyl halides is 3. The molecule has 0 amide bonds. The van der Waals surface area contributed by atoms with Crippen LogP contribution in [-0.2, 0) is 0 Å². The van der Waals surface area contributed by atoms with Gasteiger partial charge in [-0.1, -0.05) is 19.3 Å². The number of nitrogens with two attached hydrogens (primary N) is 2. The monoisotopic (exact) mass is 287 g/mol. The van der Waals surface area contributed by atoms with Gasteiger partial charge in [-0.05, 0) is 12.8 Å². The summed E-state index contributed by atoms with van der Waals surface area (Å²) in [6, 6.07) is -0.201. The van der Waals surface area contributed by atoms with E-state index in [4.69, 9.17) is 16.9 Å². The Labute approximate surface area is 109 Å². The molecule has 5 nitrogen and oxygen atoms in total. The SMILES string of the molecule is Cl.N=C(N)N(C(N)=NC1CCCCC1)C(F)(F)F. The Kier molecular flexibility index (Phi) is 6.23. The first-order chi connectivity index (χ1) is 7.82. The maximum Gasteiger partial charge on any atom is 0.494 e. The zero-order chi connectivity index (χ0) is 13.1. The molecule has 0 aliphatic heterocycles. The zero-order valence-corrected chi connectivity index (χ0v) is 10.5. The fourth-order valence-corrected chi connectivity index (χ4v) is 1.84. The van der Waals surface area contributed by atoms with Crippen LogP contribution in [0.2, 0.25) is 0 Å². The van der Waals surface area contributed by atoms with Gasteiger partial charge in [0.05, 0.1) is 6.04 Å². The second kappa shape index (κ2) is 6.67. The van der Waals surface area contributed by atoms with Crippen molar-refractivity contribution in [2.24, 2.45) is 16.5 Å². The molecular formula is C9H17ClF3N5. The molecular weight excluding hydrogens is 271 g/mol. The van der Waals surface area contributed by atoms with Crippen molar-refractivity contribution in [2.75, 3.05) is 0 Å². The summed E-state index contributed by atoms with van der Waals surface area (Å²) < 4.78 is 37.6. The number of hydrogen-bond donors (Lipinski definition) is 3. The summed E-state index contributed by atoms with van der Waals surface area (Å²) in [6.45, 7) is 0. The molecule has 0 aromatic carbocycles. The summed E-state index contributed by atoms with van der Waals surface area (Å²) in [7, 11) is 0. The number of hydrogen-bond acceptors (Lipinski definition) is 2. The average molecular weight is 288 g/mol. The molecule has 0 aromatic heterocycles. The molecule has 0 spiro atoms. The fourth-order valence-electron chi connectivity index (χ4n) is 1.84. The predicted octanol–water partition coefficient (Wildman–Crippen LogP) is 1.77. The fraction of sp³-hybridized carbons (Fsp3) is 0.778. The van der Waals surface area contributed by atoms with E-state index < -0.39 is 23.1 Å². The Balaban J connectivity index is 0.00000289. The van der Waals surface area contributed by atoms with Gasteiger partial charge in [0.15, 0.2) is 0 Å². The van der Waals surface area contributed by atoms with Gasteiger partial charge in [0.1, 0.15) is 0 Å². The smallest absolute Gasteiger partial charge is 0.369 e. The van der Waals surface area contributed by atoms with E-state index in [0.29, 0.717) is 0 Å². The van der Waals surface area contributed by atoms with E-state index in [2.05, 4.69) is 4.99 Å². The zero-order valence-electron chi connectivity index (χ0n) is 9.70. The number of aliphatic imine (C=N–C) groups is 1. The summed E-state index contributed by atoms with van der Waals surface area (Å²) in [5.74, 6) is -1.92. The van der Waals surface area contributed by atoms with Gasteiger partial charge in [0, 0.05) is 0 Å². The standard InChI is InChI=1S/C9H16F3N5.ClH/c10-9(11,12)17(7(13)14)8(15)16-6-4-2-1-3-5-6;/h6H,1-5H2,(H3,13,14)(H2,15,16);1H. The molecule has 1 aliphatic rings. The van der Waals surface area contributed by atoms with Crippen molar-refractivity contribution < 1.29 is 13.2 Å². The second-order valence-electron chi connectivity index (χ2n) is 3.97. The van der Waals surface area contributed by atoms with Crippen LogP contribution in [-0.4, -0.2) is 29.2 Å². The van der Waals surface area contributed by atoms with Gasteiger partial charge in [-0.15, -0.1) is 25.6 Å². The lowest BCUT2D eigenvalue weighted by Crippen LogP contribution is -2.53. The lowest BCUT2D eigenvalue weighted by Gasteiger charge is -2.25. The van der Waals surface area contributed by atoms with E-state index in [1.54, 1.807) is 0 Å². The second-order valence-corrected chi connectivity index (χ2v) is 3.97. The maximum atomic E-state index is 12.5.